The Balaban J connectivity index is 1.63. The summed E-state index contributed by atoms with van der Waals surface area (Å²) in [5, 5.41) is 7.11. The smallest absolute Gasteiger partial charge is 0.262 e. The molecule has 0 aliphatic rings. The van der Waals surface area contributed by atoms with Crippen LogP contribution in [-0.2, 0) is 11.3 Å². The maximum absolute atomic E-state index is 12.3. The number of hydrogen-bond acceptors (Lipinski definition) is 3. The number of nitrogens with one attached hydrogen (secondary N) is 2. The van der Waals surface area contributed by atoms with Crippen LogP contribution in [0, 0.1) is 6.92 Å². The zero-order valence-corrected chi connectivity index (χ0v) is 18.8. The number of amides is 1. The number of halogens is 1. The van der Waals surface area contributed by atoms with Crippen molar-refractivity contribution in [3.63, 3.8) is 0 Å². The quantitative estimate of drug-likeness (QED) is 0.392. The predicted molar refractivity (Wildman–Crippen MR) is 128 cm³/mol. The molecular weight excluding hydrogens is 408 g/mol. The fourth-order valence-corrected chi connectivity index (χ4v) is 3.59. The average molecular weight is 437 g/mol. The standard InChI is InChI=1S/C26H29ClN2O2/c1-3-7-24(20-8-5-4-6-9-20)28-17-21-16-22(27)12-15-25(21)31-18-26(30)29-23-13-10-19(2)11-14-23/h4-6,8-16,24,28H,3,7,17-18H2,1-2H3,(H,29,30). The van der Waals surface area contributed by atoms with E-state index in [4.69, 9.17) is 16.3 Å². The van der Waals surface area contributed by atoms with Crippen molar-refractivity contribution in [2.24, 2.45) is 0 Å². The first kappa shape index (κ1) is 22.9. The minimum absolute atomic E-state index is 0.0699. The fraction of sp³-hybridized carbons (Fsp3) is 0.269. The highest BCUT2D eigenvalue weighted by Crippen LogP contribution is 2.25. The third-order valence-electron chi connectivity index (χ3n) is 5.03. The van der Waals surface area contributed by atoms with Gasteiger partial charge >= 0.3 is 0 Å². The van der Waals surface area contributed by atoms with E-state index in [1.807, 2.05) is 49.4 Å². The van der Waals surface area contributed by atoms with Crippen LogP contribution >= 0.6 is 11.6 Å². The summed E-state index contributed by atoms with van der Waals surface area (Å²) in [6, 6.07) is 23.8. The Morgan fingerprint density at radius 2 is 1.77 bits per heavy atom. The second kappa shape index (κ2) is 11.5. The van der Waals surface area contributed by atoms with Crippen LogP contribution in [0.15, 0.2) is 72.8 Å². The molecule has 3 aromatic rings. The number of ether oxygens (including phenoxy) is 1. The third-order valence-corrected chi connectivity index (χ3v) is 5.27. The number of anilines is 1. The molecule has 1 amide bonds. The SMILES string of the molecule is CCCC(NCc1cc(Cl)ccc1OCC(=O)Nc1ccc(C)cc1)c1ccccc1. The van der Waals surface area contributed by atoms with E-state index in [1.165, 1.54) is 5.56 Å². The number of aryl methyl sites for hydroxylation is 1. The topological polar surface area (TPSA) is 50.4 Å². The van der Waals surface area contributed by atoms with Crippen molar-refractivity contribution in [1.29, 1.82) is 0 Å². The molecule has 0 saturated heterocycles. The van der Waals surface area contributed by atoms with Gasteiger partial charge in [0, 0.05) is 28.9 Å². The lowest BCUT2D eigenvalue weighted by Gasteiger charge is -2.20. The van der Waals surface area contributed by atoms with E-state index in [2.05, 4.69) is 41.8 Å². The summed E-state index contributed by atoms with van der Waals surface area (Å²) in [5.74, 6) is 0.449. The van der Waals surface area contributed by atoms with Gasteiger partial charge in [-0.05, 0) is 49.2 Å². The van der Waals surface area contributed by atoms with Crippen molar-refractivity contribution in [3.05, 3.63) is 94.5 Å². The molecule has 3 aromatic carbocycles. The van der Waals surface area contributed by atoms with Gasteiger partial charge in [0.25, 0.3) is 5.91 Å². The molecule has 0 saturated carbocycles. The molecular formula is C26H29ClN2O2. The van der Waals surface area contributed by atoms with E-state index in [-0.39, 0.29) is 18.6 Å². The van der Waals surface area contributed by atoms with Crippen LogP contribution in [0.25, 0.3) is 0 Å². The summed E-state index contributed by atoms with van der Waals surface area (Å²) >= 11 is 6.23. The van der Waals surface area contributed by atoms with E-state index in [0.717, 1.165) is 29.7 Å². The Kier molecular flexibility index (Phi) is 8.51. The van der Waals surface area contributed by atoms with E-state index < -0.39 is 0 Å². The molecule has 0 heterocycles. The summed E-state index contributed by atoms with van der Waals surface area (Å²) < 4.78 is 5.84. The highest BCUT2D eigenvalue weighted by molar-refractivity contribution is 6.30. The number of carbonyl (C=O) groups is 1. The van der Waals surface area contributed by atoms with Crippen LogP contribution in [0.4, 0.5) is 5.69 Å². The maximum Gasteiger partial charge on any atom is 0.262 e. The van der Waals surface area contributed by atoms with Gasteiger partial charge in [-0.15, -0.1) is 0 Å². The van der Waals surface area contributed by atoms with Crippen molar-refractivity contribution < 1.29 is 9.53 Å². The second-order valence-corrected chi connectivity index (χ2v) is 8.02. The van der Waals surface area contributed by atoms with Crippen molar-refractivity contribution in [2.45, 2.75) is 39.3 Å². The summed E-state index contributed by atoms with van der Waals surface area (Å²) in [6.45, 7) is 4.71. The molecule has 3 rings (SSSR count). The minimum Gasteiger partial charge on any atom is -0.483 e. The Bertz CT molecular complexity index is 974. The highest BCUT2D eigenvalue weighted by Gasteiger charge is 2.13. The molecule has 0 aromatic heterocycles. The molecule has 2 N–H and O–H groups in total. The molecule has 0 bridgehead atoms. The van der Waals surface area contributed by atoms with E-state index in [9.17, 15) is 4.79 Å². The van der Waals surface area contributed by atoms with Crippen LogP contribution in [0.5, 0.6) is 5.75 Å². The highest BCUT2D eigenvalue weighted by atomic mass is 35.5. The average Bonchev–Trinajstić information content (AvgIpc) is 2.78. The van der Waals surface area contributed by atoms with Crippen LogP contribution < -0.4 is 15.4 Å². The fourth-order valence-electron chi connectivity index (χ4n) is 3.40. The van der Waals surface area contributed by atoms with Crippen molar-refractivity contribution >= 4 is 23.2 Å². The van der Waals surface area contributed by atoms with Gasteiger partial charge in [-0.1, -0.05) is 73.0 Å². The molecule has 162 valence electrons. The molecule has 31 heavy (non-hydrogen) atoms. The second-order valence-electron chi connectivity index (χ2n) is 7.59. The Labute approximate surface area is 189 Å². The maximum atomic E-state index is 12.3. The zero-order chi connectivity index (χ0) is 22.1. The molecule has 0 aliphatic heterocycles. The number of carbonyl (C=O) groups excluding carboxylic acids is 1. The van der Waals surface area contributed by atoms with E-state index >= 15 is 0 Å². The lowest BCUT2D eigenvalue weighted by molar-refractivity contribution is -0.118. The van der Waals surface area contributed by atoms with Gasteiger partial charge in [-0.25, -0.2) is 0 Å². The number of hydrogen-bond donors (Lipinski definition) is 2. The van der Waals surface area contributed by atoms with Crippen LogP contribution in [0.1, 0.15) is 42.5 Å². The van der Waals surface area contributed by atoms with Gasteiger partial charge in [0.2, 0.25) is 0 Å². The molecule has 0 spiro atoms. The predicted octanol–water partition coefficient (Wildman–Crippen LogP) is 6.30. The lowest BCUT2D eigenvalue weighted by Crippen LogP contribution is -2.23. The van der Waals surface area contributed by atoms with Gasteiger partial charge in [0.1, 0.15) is 5.75 Å². The van der Waals surface area contributed by atoms with Crippen molar-refractivity contribution in [2.75, 3.05) is 11.9 Å². The van der Waals surface area contributed by atoms with Gasteiger partial charge < -0.3 is 15.4 Å². The molecule has 4 nitrogen and oxygen atoms in total. The Morgan fingerprint density at radius 3 is 2.48 bits per heavy atom. The third kappa shape index (κ3) is 7.12. The van der Waals surface area contributed by atoms with Gasteiger partial charge in [0.05, 0.1) is 0 Å². The number of rotatable bonds is 10. The molecule has 0 radical (unpaired) electrons. The molecule has 0 aliphatic carbocycles. The lowest BCUT2D eigenvalue weighted by atomic mass is 10.0. The zero-order valence-electron chi connectivity index (χ0n) is 18.0. The van der Waals surface area contributed by atoms with Gasteiger partial charge in [-0.3, -0.25) is 4.79 Å². The first-order valence-corrected chi connectivity index (χ1v) is 11.0. The molecule has 1 unspecified atom stereocenters. The summed E-state index contributed by atoms with van der Waals surface area (Å²) in [6.07, 6.45) is 2.10. The minimum atomic E-state index is -0.203. The van der Waals surface area contributed by atoms with Gasteiger partial charge in [-0.2, -0.15) is 0 Å². The van der Waals surface area contributed by atoms with E-state index in [0.29, 0.717) is 17.3 Å². The number of benzene rings is 3. The van der Waals surface area contributed by atoms with Crippen LogP contribution in [0.3, 0.4) is 0 Å². The van der Waals surface area contributed by atoms with Crippen molar-refractivity contribution in [1.82, 2.24) is 5.32 Å². The first-order valence-electron chi connectivity index (χ1n) is 10.6. The summed E-state index contributed by atoms with van der Waals surface area (Å²) in [4.78, 5) is 12.3. The van der Waals surface area contributed by atoms with Gasteiger partial charge in [0.15, 0.2) is 6.61 Å². The van der Waals surface area contributed by atoms with E-state index in [1.54, 1.807) is 6.07 Å². The van der Waals surface area contributed by atoms with Crippen LogP contribution in [-0.4, -0.2) is 12.5 Å². The van der Waals surface area contributed by atoms with Crippen LogP contribution in [0.2, 0.25) is 5.02 Å². The Hall–Kier alpha value is -2.82. The Morgan fingerprint density at radius 1 is 1.03 bits per heavy atom. The molecule has 0 fully saturated rings. The first-order chi connectivity index (χ1) is 15.0. The summed E-state index contributed by atoms with van der Waals surface area (Å²) in [5.41, 5.74) is 4.07. The largest absolute Gasteiger partial charge is 0.483 e. The van der Waals surface area contributed by atoms with Crippen molar-refractivity contribution in [3.8, 4) is 5.75 Å². The summed E-state index contributed by atoms with van der Waals surface area (Å²) in [7, 11) is 0. The molecule has 5 heteroatoms. The molecule has 1 atom stereocenters. The monoisotopic (exact) mass is 436 g/mol. The normalized spacial score (nSPS) is 11.7.